The van der Waals surface area contributed by atoms with Gasteiger partial charge in [0.05, 0.1) is 0 Å². The van der Waals surface area contributed by atoms with E-state index in [4.69, 9.17) is 0 Å². The first-order valence-corrected chi connectivity index (χ1v) is 4.74. The van der Waals surface area contributed by atoms with E-state index in [2.05, 4.69) is 0 Å². The van der Waals surface area contributed by atoms with Crippen LogP contribution < -0.4 is 0 Å². The third-order valence-electron chi connectivity index (χ3n) is 3.44. The largest absolute Gasteiger partial charge is 0.204 e. The van der Waals surface area contributed by atoms with E-state index >= 15 is 0 Å². The lowest BCUT2D eigenvalue weighted by Gasteiger charge is -2.14. The van der Waals surface area contributed by atoms with Gasteiger partial charge in [0.2, 0.25) is 0 Å². The van der Waals surface area contributed by atoms with Crippen LogP contribution in [0.15, 0.2) is 12.1 Å². The van der Waals surface area contributed by atoms with Gasteiger partial charge in [-0.2, -0.15) is 0 Å². The van der Waals surface area contributed by atoms with Crippen molar-refractivity contribution in [3.8, 4) is 0 Å². The third kappa shape index (κ3) is 0.888. The zero-order valence-corrected chi connectivity index (χ0v) is 7.19. The smallest absolute Gasteiger partial charge is 0.159 e. The Kier molecular flexibility index (Phi) is 1.33. The first kappa shape index (κ1) is 7.48. The molecule has 1 aromatic carbocycles. The molecule has 1 fully saturated rings. The van der Waals surface area contributed by atoms with E-state index in [1.807, 2.05) is 0 Å². The van der Waals surface area contributed by atoms with Crippen molar-refractivity contribution < 1.29 is 8.78 Å². The Morgan fingerprint density at radius 1 is 0.923 bits per heavy atom. The lowest BCUT2D eigenvalue weighted by Crippen LogP contribution is -2.00. The summed E-state index contributed by atoms with van der Waals surface area (Å²) in [4.78, 5) is 0. The maximum Gasteiger partial charge on any atom is 0.159 e. The molecular weight excluding hydrogens is 170 g/mol. The van der Waals surface area contributed by atoms with Crippen LogP contribution in [0.25, 0.3) is 0 Å². The van der Waals surface area contributed by atoms with Gasteiger partial charge in [-0.05, 0) is 54.4 Å². The molecule has 0 radical (unpaired) electrons. The number of rotatable bonds is 0. The maximum absolute atomic E-state index is 12.9. The van der Waals surface area contributed by atoms with Crippen molar-refractivity contribution in [3.63, 3.8) is 0 Å². The van der Waals surface area contributed by atoms with Gasteiger partial charge in [0.15, 0.2) is 11.6 Å². The van der Waals surface area contributed by atoms with Crippen LogP contribution in [0.5, 0.6) is 0 Å². The van der Waals surface area contributed by atoms with Crippen LogP contribution in [-0.2, 0) is 0 Å². The summed E-state index contributed by atoms with van der Waals surface area (Å²) < 4.78 is 25.8. The zero-order valence-electron chi connectivity index (χ0n) is 7.19. The normalized spacial score (nSPS) is 29.4. The fourth-order valence-electron chi connectivity index (χ4n) is 2.83. The summed E-state index contributed by atoms with van der Waals surface area (Å²) in [6, 6.07) is 2.79. The highest BCUT2D eigenvalue weighted by atomic mass is 19.2. The molecule has 2 bridgehead atoms. The zero-order chi connectivity index (χ0) is 9.00. The van der Waals surface area contributed by atoms with E-state index < -0.39 is 11.6 Å². The second kappa shape index (κ2) is 2.31. The molecular formula is C11H10F2. The second-order valence-electron chi connectivity index (χ2n) is 4.10. The number of benzene rings is 1. The van der Waals surface area contributed by atoms with E-state index in [1.54, 1.807) is 0 Å². The van der Waals surface area contributed by atoms with Gasteiger partial charge in [-0.25, -0.2) is 8.78 Å². The Hall–Kier alpha value is -0.920. The van der Waals surface area contributed by atoms with Crippen LogP contribution in [0, 0.1) is 11.6 Å². The minimum absolute atomic E-state index is 0.509. The van der Waals surface area contributed by atoms with Gasteiger partial charge in [0.1, 0.15) is 0 Å². The highest BCUT2D eigenvalue weighted by Crippen LogP contribution is 2.53. The average Bonchev–Trinajstić information content (AvgIpc) is 2.67. The minimum atomic E-state index is -0.689. The highest BCUT2D eigenvalue weighted by Gasteiger charge is 2.37. The van der Waals surface area contributed by atoms with E-state index in [0.29, 0.717) is 11.8 Å². The van der Waals surface area contributed by atoms with Gasteiger partial charge >= 0.3 is 0 Å². The molecule has 0 aromatic heterocycles. The number of hydrogen-bond donors (Lipinski definition) is 0. The van der Waals surface area contributed by atoms with Gasteiger partial charge in [-0.3, -0.25) is 0 Å². The molecule has 68 valence electrons. The fraction of sp³-hybridized carbons (Fsp3) is 0.455. The van der Waals surface area contributed by atoms with Gasteiger partial charge in [0, 0.05) is 0 Å². The van der Waals surface area contributed by atoms with Crippen molar-refractivity contribution >= 4 is 0 Å². The Labute approximate surface area is 75.6 Å². The minimum Gasteiger partial charge on any atom is -0.204 e. The van der Waals surface area contributed by atoms with Crippen LogP contribution in [0.4, 0.5) is 8.78 Å². The van der Waals surface area contributed by atoms with Gasteiger partial charge in [0.25, 0.3) is 0 Å². The molecule has 0 nitrogen and oxygen atoms in total. The van der Waals surface area contributed by atoms with E-state index in [-0.39, 0.29) is 0 Å². The quantitative estimate of drug-likeness (QED) is 0.574. The summed E-state index contributed by atoms with van der Waals surface area (Å²) in [7, 11) is 0. The van der Waals surface area contributed by atoms with Crippen molar-refractivity contribution in [2.45, 2.75) is 31.1 Å². The summed E-state index contributed by atoms with van der Waals surface area (Å²) in [5, 5.41) is 0. The number of fused-ring (bicyclic) bond motifs is 5. The summed E-state index contributed by atoms with van der Waals surface area (Å²) in [6.45, 7) is 0. The SMILES string of the molecule is Fc1cc2c(cc1F)C1CCC2C1. The van der Waals surface area contributed by atoms with Crippen molar-refractivity contribution in [2.75, 3.05) is 0 Å². The molecule has 2 unspecified atom stereocenters. The number of hydrogen-bond acceptors (Lipinski definition) is 0. The molecule has 0 amide bonds. The molecule has 3 rings (SSSR count). The molecule has 2 atom stereocenters. The molecule has 0 heterocycles. The molecule has 13 heavy (non-hydrogen) atoms. The Bertz CT molecular complexity index is 336. The molecule has 0 aliphatic heterocycles. The van der Waals surface area contributed by atoms with Crippen LogP contribution in [0.2, 0.25) is 0 Å². The average molecular weight is 180 g/mol. The predicted octanol–water partition coefficient (Wildman–Crippen LogP) is 3.33. The molecule has 2 heteroatoms. The maximum atomic E-state index is 12.9. The molecule has 0 saturated heterocycles. The lowest BCUT2D eigenvalue weighted by atomic mass is 9.92. The van der Waals surface area contributed by atoms with E-state index in [9.17, 15) is 8.78 Å². The van der Waals surface area contributed by atoms with Crippen LogP contribution in [0.3, 0.4) is 0 Å². The van der Waals surface area contributed by atoms with Gasteiger partial charge in [-0.15, -0.1) is 0 Å². The summed E-state index contributed by atoms with van der Waals surface area (Å²) in [5.74, 6) is -0.359. The van der Waals surface area contributed by atoms with Gasteiger partial charge in [-0.1, -0.05) is 0 Å². The highest BCUT2D eigenvalue weighted by molar-refractivity contribution is 5.41. The second-order valence-corrected chi connectivity index (χ2v) is 4.10. The Morgan fingerprint density at radius 3 is 1.85 bits per heavy atom. The van der Waals surface area contributed by atoms with Crippen molar-refractivity contribution in [3.05, 3.63) is 34.9 Å². The van der Waals surface area contributed by atoms with Crippen molar-refractivity contribution in [2.24, 2.45) is 0 Å². The predicted molar refractivity (Wildman–Crippen MR) is 45.7 cm³/mol. The van der Waals surface area contributed by atoms with Crippen molar-refractivity contribution in [1.29, 1.82) is 0 Å². The third-order valence-corrected chi connectivity index (χ3v) is 3.44. The molecule has 2 aliphatic carbocycles. The van der Waals surface area contributed by atoms with Crippen molar-refractivity contribution in [1.82, 2.24) is 0 Å². The first-order chi connectivity index (χ1) is 6.25. The number of halogens is 2. The summed E-state index contributed by atoms with van der Waals surface area (Å²) in [5.41, 5.74) is 2.13. The molecule has 0 N–H and O–H groups in total. The fourth-order valence-corrected chi connectivity index (χ4v) is 2.83. The molecule has 1 saturated carbocycles. The topological polar surface area (TPSA) is 0 Å². The van der Waals surface area contributed by atoms with E-state index in [0.717, 1.165) is 30.4 Å². The molecule has 1 aromatic rings. The molecule has 0 spiro atoms. The van der Waals surface area contributed by atoms with Crippen LogP contribution in [-0.4, -0.2) is 0 Å². The Morgan fingerprint density at radius 2 is 1.38 bits per heavy atom. The summed E-state index contributed by atoms with van der Waals surface area (Å²) in [6.07, 6.45) is 3.42. The Balaban J connectivity index is 2.22. The van der Waals surface area contributed by atoms with Gasteiger partial charge < -0.3 is 0 Å². The van der Waals surface area contributed by atoms with E-state index in [1.165, 1.54) is 12.1 Å². The van der Waals surface area contributed by atoms with Crippen LogP contribution in [0.1, 0.15) is 42.2 Å². The lowest BCUT2D eigenvalue weighted by molar-refractivity contribution is 0.503. The standard InChI is InChI=1S/C11H10F2/c12-10-4-8-6-1-2-7(3-6)9(8)5-11(10)13/h4-7H,1-3H2. The van der Waals surface area contributed by atoms with Crippen LogP contribution >= 0.6 is 0 Å². The first-order valence-electron chi connectivity index (χ1n) is 4.74. The monoisotopic (exact) mass is 180 g/mol. The summed E-state index contributed by atoms with van der Waals surface area (Å²) >= 11 is 0. The molecule has 2 aliphatic rings.